The first kappa shape index (κ1) is 21.8. The van der Waals surface area contributed by atoms with Crippen molar-refractivity contribution < 1.29 is 13.2 Å². The van der Waals surface area contributed by atoms with Gasteiger partial charge in [0.2, 0.25) is 0 Å². The van der Waals surface area contributed by atoms with Gasteiger partial charge in [-0.25, -0.2) is 0 Å². The van der Waals surface area contributed by atoms with Gasteiger partial charge in [-0.3, -0.25) is 0 Å². The van der Waals surface area contributed by atoms with E-state index in [1.807, 2.05) is 0 Å². The third-order valence-electron chi connectivity index (χ3n) is 5.63. The summed E-state index contributed by atoms with van der Waals surface area (Å²) in [4.78, 5) is 0. The van der Waals surface area contributed by atoms with Gasteiger partial charge >= 0.3 is 6.18 Å². The summed E-state index contributed by atoms with van der Waals surface area (Å²) in [6, 6.07) is 8.33. The molecule has 2 rings (SSSR count). The standard InChI is InChI=1S/C19H28F3N.C2H4/c1-17(2,3)14-10-12-16(13-11-14)18(23-4,19(20,21)22)15-8-6-5-7-9-15;1-2/h5-9,14,16,23H,10-13H2,1-4H3;1-2H2. The molecular formula is C21H32F3N. The molecular weight excluding hydrogens is 323 g/mol. The number of nitrogens with one attached hydrogen (secondary N) is 1. The molecule has 0 heterocycles. The lowest BCUT2D eigenvalue weighted by molar-refractivity contribution is -0.220. The highest BCUT2D eigenvalue weighted by atomic mass is 19.4. The average Bonchev–Trinajstić information content (AvgIpc) is 2.57. The van der Waals surface area contributed by atoms with Crippen LogP contribution in [-0.4, -0.2) is 13.2 Å². The number of hydrogen-bond donors (Lipinski definition) is 1. The quantitative estimate of drug-likeness (QED) is 0.626. The van der Waals surface area contributed by atoms with Crippen molar-refractivity contribution in [3.05, 3.63) is 49.1 Å². The van der Waals surface area contributed by atoms with Crippen LogP contribution in [0.15, 0.2) is 43.5 Å². The van der Waals surface area contributed by atoms with Crippen LogP contribution in [0.1, 0.15) is 52.0 Å². The second-order valence-electron chi connectivity index (χ2n) is 7.84. The van der Waals surface area contributed by atoms with Crippen LogP contribution in [0, 0.1) is 17.3 Å². The maximum Gasteiger partial charge on any atom is 0.411 e. The monoisotopic (exact) mass is 355 g/mol. The maximum atomic E-state index is 14.1. The third kappa shape index (κ3) is 4.46. The van der Waals surface area contributed by atoms with Gasteiger partial charge in [0.25, 0.3) is 0 Å². The lowest BCUT2D eigenvalue weighted by Crippen LogP contribution is -2.58. The first-order chi connectivity index (χ1) is 11.6. The highest BCUT2D eigenvalue weighted by Crippen LogP contribution is 2.51. The maximum absolute atomic E-state index is 14.1. The molecule has 1 fully saturated rings. The summed E-state index contributed by atoms with van der Waals surface area (Å²) in [6.07, 6.45) is -1.38. The molecule has 142 valence electrons. The molecule has 0 bridgehead atoms. The molecule has 25 heavy (non-hydrogen) atoms. The number of alkyl halides is 3. The smallest absolute Gasteiger partial charge is 0.303 e. The Kier molecular flexibility index (Phi) is 7.30. The Bertz CT molecular complexity index is 510. The van der Waals surface area contributed by atoms with Crippen molar-refractivity contribution in [2.75, 3.05) is 7.05 Å². The second-order valence-corrected chi connectivity index (χ2v) is 7.84. The van der Waals surface area contributed by atoms with E-state index in [4.69, 9.17) is 0 Å². The molecule has 1 nitrogen and oxygen atoms in total. The topological polar surface area (TPSA) is 12.0 Å². The van der Waals surface area contributed by atoms with Gasteiger partial charge in [-0.05, 0) is 55.5 Å². The molecule has 1 aliphatic rings. The molecule has 1 saturated carbocycles. The normalized spacial score (nSPS) is 24.0. The van der Waals surface area contributed by atoms with Gasteiger partial charge in [0.05, 0.1) is 0 Å². The Labute approximate surface area is 150 Å². The summed E-state index contributed by atoms with van der Waals surface area (Å²) in [5.74, 6) is 0.0748. The molecule has 1 atom stereocenters. The zero-order chi connectivity index (χ0) is 19.3. The van der Waals surface area contributed by atoms with Crippen LogP contribution in [0.5, 0.6) is 0 Å². The van der Waals surface area contributed by atoms with E-state index in [1.165, 1.54) is 7.05 Å². The van der Waals surface area contributed by atoms with Crippen LogP contribution < -0.4 is 5.32 Å². The molecule has 0 saturated heterocycles. The Hall–Kier alpha value is -1.29. The highest BCUT2D eigenvalue weighted by molar-refractivity contribution is 5.28. The number of hydrogen-bond acceptors (Lipinski definition) is 1. The van der Waals surface area contributed by atoms with E-state index in [9.17, 15) is 13.2 Å². The van der Waals surface area contributed by atoms with Gasteiger partial charge in [0.1, 0.15) is 5.54 Å². The molecule has 1 N–H and O–H groups in total. The SMILES string of the molecule is C=C.CNC(c1ccccc1)(C1CCC(C(C)(C)C)CC1)C(F)(F)F. The molecule has 0 spiro atoms. The summed E-state index contributed by atoms with van der Waals surface area (Å²) in [5, 5.41) is 2.67. The second kappa shape index (κ2) is 8.39. The predicted octanol–water partition coefficient (Wildman–Crippen LogP) is 6.32. The van der Waals surface area contributed by atoms with Gasteiger partial charge in [-0.2, -0.15) is 13.2 Å². The summed E-state index contributed by atoms with van der Waals surface area (Å²) >= 11 is 0. The molecule has 4 heteroatoms. The van der Waals surface area contributed by atoms with Crippen LogP contribution in [0.4, 0.5) is 13.2 Å². The molecule has 1 unspecified atom stereocenters. The van der Waals surface area contributed by atoms with Crippen molar-refractivity contribution in [2.24, 2.45) is 17.3 Å². The van der Waals surface area contributed by atoms with Crippen molar-refractivity contribution in [1.29, 1.82) is 0 Å². The third-order valence-corrected chi connectivity index (χ3v) is 5.63. The first-order valence-electron chi connectivity index (χ1n) is 8.94. The largest absolute Gasteiger partial charge is 0.411 e. The van der Waals surface area contributed by atoms with Crippen LogP contribution in [0.2, 0.25) is 0 Å². The van der Waals surface area contributed by atoms with E-state index in [0.717, 1.165) is 12.8 Å². The number of halogens is 3. The van der Waals surface area contributed by atoms with E-state index in [0.29, 0.717) is 24.3 Å². The van der Waals surface area contributed by atoms with Gasteiger partial charge in [-0.15, -0.1) is 13.2 Å². The zero-order valence-corrected chi connectivity index (χ0v) is 15.9. The van der Waals surface area contributed by atoms with Crippen LogP contribution in [0.25, 0.3) is 0 Å². The minimum atomic E-state index is -4.32. The molecule has 0 radical (unpaired) electrons. The molecule has 0 amide bonds. The fourth-order valence-electron chi connectivity index (χ4n) is 4.21. The van der Waals surface area contributed by atoms with Gasteiger partial charge in [-0.1, -0.05) is 51.1 Å². The lowest BCUT2D eigenvalue weighted by atomic mass is 9.64. The van der Waals surface area contributed by atoms with E-state index >= 15 is 0 Å². The minimum Gasteiger partial charge on any atom is -0.303 e. The Morgan fingerprint density at radius 2 is 1.32 bits per heavy atom. The zero-order valence-electron chi connectivity index (χ0n) is 15.9. The van der Waals surface area contributed by atoms with Gasteiger partial charge in [0, 0.05) is 0 Å². The van der Waals surface area contributed by atoms with Crippen molar-refractivity contribution in [1.82, 2.24) is 5.32 Å². The van der Waals surface area contributed by atoms with Crippen LogP contribution in [0.3, 0.4) is 0 Å². The summed E-state index contributed by atoms with van der Waals surface area (Å²) in [6.45, 7) is 12.6. The van der Waals surface area contributed by atoms with Crippen LogP contribution in [-0.2, 0) is 5.54 Å². The van der Waals surface area contributed by atoms with Gasteiger partial charge in [0.15, 0.2) is 0 Å². The van der Waals surface area contributed by atoms with Crippen molar-refractivity contribution in [3.8, 4) is 0 Å². The number of benzene rings is 1. The van der Waals surface area contributed by atoms with Crippen molar-refractivity contribution in [2.45, 2.75) is 58.2 Å². The Balaban J connectivity index is 0.00000151. The number of rotatable bonds is 3. The van der Waals surface area contributed by atoms with E-state index in [-0.39, 0.29) is 5.41 Å². The fraction of sp³-hybridized carbons (Fsp3) is 0.619. The van der Waals surface area contributed by atoms with Crippen LogP contribution >= 0.6 is 0 Å². The predicted molar refractivity (Wildman–Crippen MR) is 99.4 cm³/mol. The van der Waals surface area contributed by atoms with E-state index in [2.05, 4.69) is 39.2 Å². The van der Waals surface area contributed by atoms with Crippen molar-refractivity contribution in [3.63, 3.8) is 0 Å². The van der Waals surface area contributed by atoms with E-state index < -0.39 is 17.6 Å². The van der Waals surface area contributed by atoms with Gasteiger partial charge < -0.3 is 5.32 Å². The molecule has 1 aromatic carbocycles. The average molecular weight is 355 g/mol. The summed E-state index contributed by atoms with van der Waals surface area (Å²) in [5.41, 5.74) is -1.45. The summed E-state index contributed by atoms with van der Waals surface area (Å²) < 4.78 is 42.3. The first-order valence-corrected chi connectivity index (χ1v) is 8.94. The molecule has 1 aliphatic carbocycles. The minimum absolute atomic E-state index is 0.165. The summed E-state index contributed by atoms with van der Waals surface area (Å²) in [7, 11) is 1.44. The Morgan fingerprint density at radius 3 is 1.68 bits per heavy atom. The van der Waals surface area contributed by atoms with Crippen molar-refractivity contribution >= 4 is 0 Å². The van der Waals surface area contributed by atoms with E-state index in [1.54, 1.807) is 30.3 Å². The molecule has 0 aromatic heterocycles. The molecule has 1 aromatic rings. The molecule has 0 aliphatic heterocycles. The lowest BCUT2D eigenvalue weighted by Gasteiger charge is -2.47. The highest BCUT2D eigenvalue weighted by Gasteiger charge is 2.59. The Morgan fingerprint density at radius 1 is 0.880 bits per heavy atom. The fourth-order valence-corrected chi connectivity index (χ4v) is 4.21.